The summed E-state index contributed by atoms with van der Waals surface area (Å²) >= 11 is 0. The Kier molecular flexibility index (Phi) is 4.02. The molecular weight excluding hydrogens is 215 g/mol. The van der Waals surface area contributed by atoms with Gasteiger partial charge in [0.2, 0.25) is 0 Å². The van der Waals surface area contributed by atoms with Crippen molar-refractivity contribution < 1.29 is 4.57 Å². The quantitative estimate of drug-likeness (QED) is 0.727. The van der Waals surface area contributed by atoms with Gasteiger partial charge in [0.15, 0.2) is 0 Å². The van der Waals surface area contributed by atoms with Crippen LogP contribution in [0.2, 0.25) is 0 Å². The van der Waals surface area contributed by atoms with Crippen LogP contribution < -0.4 is 5.30 Å². The van der Waals surface area contributed by atoms with Crippen LogP contribution in [0.4, 0.5) is 0 Å². The number of hydrogen-bond donors (Lipinski definition) is 0. The van der Waals surface area contributed by atoms with Gasteiger partial charge in [-0.3, -0.25) is 0 Å². The zero-order chi connectivity index (χ0) is 12.4. The van der Waals surface area contributed by atoms with Crippen LogP contribution in [0.25, 0.3) is 0 Å². The summed E-state index contributed by atoms with van der Waals surface area (Å²) in [6.07, 6.45) is 1.52. The Bertz CT molecular complexity index is 393. The van der Waals surface area contributed by atoms with Gasteiger partial charge in [0.1, 0.15) is 7.14 Å². The fourth-order valence-electron chi connectivity index (χ4n) is 2.03. The van der Waals surface area contributed by atoms with Gasteiger partial charge in [-0.15, -0.1) is 0 Å². The van der Waals surface area contributed by atoms with E-state index >= 15 is 0 Å². The maximum atomic E-state index is 12.8. The summed E-state index contributed by atoms with van der Waals surface area (Å²) in [5, 5.41) is 1.09. The molecule has 16 heavy (non-hydrogen) atoms. The first-order valence-electron chi connectivity index (χ1n) is 6.03. The molecule has 0 aliphatic heterocycles. The molecule has 0 spiro atoms. The van der Waals surface area contributed by atoms with E-state index in [-0.39, 0.29) is 5.41 Å². The number of benzene rings is 1. The van der Waals surface area contributed by atoms with E-state index in [2.05, 4.69) is 26.8 Å². The van der Waals surface area contributed by atoms with Gasteiger partial charge in [0, 0.05) is 17.6 Å². The van der Waals surface area contributed by atoms with E-state index in [0.29, 0.717) is 0 Å². The molecule has 0 N–H and O–H groups in total. The Morgan fingerprint density at radius 3 is 2.00 bits per heavy atom. The highest BCUT2D eigenvalue weighted by Crippen LogP contribution is 2.45. The summed E-state index contributed by atoms with van der Waals surface area (Å²) in [6, 6.07) is 8.21. The average molecular weight is 238 g/mol. The molecule has 0 aliphatic carbocycles. The highest BCUT2D eigenvalue weighted by atomic mass is 31.2. The molecule has 2 heteroatoms. The van der Waals surface area contributed by atoms with Crippen LogP contribution in [0.5, 0.6) is 0 Å². The second-order valence-corrected chi connectivity index (χ2v) is 8.81. The Labute approximate surface area is 99.6 Å². The van der Waals surface area contributed by atoms with E-state index in [1.165, 1.54) is 5.56 Å². The van der Waals surface area contributed by atoms with Crippen molar-refractivity contribution in [3.8, 4) is 0 Å². The van der Waals surface area contributed by atoms with Crippen LogP contribution in [-0.2, 0) is 9.98 Å². The molecule has 0 saturated heterocycles. The number of hydrogen-bond acceptors (Lipinski definition) is 1. The van der Waals surface area contributed by atoms with Gasteiger partial charge >= 0.3 is 0 Å². The molecule has 1 rings (SSSR count). The second-order valence-electron chi connectivity index (χ2n) is 5.29. The van der Waals surface area contributed by atoms with Gasteiger partial charge in [0.25, 0.3) is 0 Å². The first-order chi connectivity index (χ1) is 7.35. The lowest BCUT2D eigenvalue weighted by Gasteiger charge is -2.26. The zero-order valence-electron chi connectivity index (χ0n) is 11.1. The van der Waals surface area contributed by atoms with Gasteiger partial charge in [-0.05, 0) is 11.0 Å². The summed E-state index contributed by atoms with van der Waals surface area (Å²) in [6.45, 7) is 10.6. The van der Waals surface area contributed by atoms with Crippen molar-refractivity contribution in [2.24, 2.45) is 0 Å². The van der Waals surface area contributed by atoms with Gasteiger partial charge in [-0.1, -0.05) is 58.9 Å². The van der Waals surface area contributed by atoms with Crippen molar-refractivity contribution in [1.82, 2.24) is 0 Å². The molecule has 0 radical (unpaired) electrons. The Morgan fingerprint density at radius 1 is 1.06 bits per heavy atom. The molecule has 0 bridgehead atoms. The lowest BCUT2D eigenvalue weighted by atomic mass is 9.87. The largest absolute Gasteiger partial charge is 0.319 e. The monoisotopic (exact) mass is 238 g/mol. The SMILES string of the molecule is CCP(=O)(CC)c1ccccc1C(C)(C)C. The van der Waals surface area contributed by atoms with Crippen LogP contribution >= 0.6 is 7.14 Å². The lowest BCUT2D eigenvalue weighted by molar-refractivity contribution is 0.576. The topological polar surface area (TPSA) is 17.1 Å². The standard InChI is InChI=1S/C14H23OP/c1-6-16(15,7-2)13-11-9-8-10-12(13)14(3,4)5/h8-11H,6-7H2,1-5H3. The highest BCUT2D eigenvalue weighted by molar-refractivity contribution is 7.71. The fraction of sp³-hybridized carbons (Fsp3) is 0.571. The van der Waals surface area contributed by atoms with Gasteiger partial charge in [0.05, 0.1) is 0 Å². The van der Waals surface area contributed by atoms with E-state index in [1.807, 2.05) is 32.0 Å². The molecule has 1 aromatic carbocycles. The summed E-state index contributed by atoms with van der Waals surface area (Å²) < 4.78 is 12.8. The van der Waals surface area contributed by atoms with Crippen LogP contribution in [0.3, 0.4) is 0 Å². The minimum Gasteiger partial charge on any atom is -0.319 e. The molecule has 1 aromatic rings. The molecule has 0 heterocycles. The van der Waals surface area contributed by atoms with E-state index in [0.717, 1.165) is 17.6 Å². The van der Waals surface area contributed by atoms with E-state index in [1.54, 1.807) is 0 Å². The molecule has 0 aromatic heterocycles. The molecule has 0 fully saturated rings. The maximum Gasteiger partial charge on any atom is 0.115 e. The van der Waals surface area contributed by atoms with Gasteiger partial charge in [-0.2, -0.15) is 0 Å². The molecule has 0 saturated carbocycles. The minimum absolute atomic E-state index is 0.0661. The third-order valence-corrected chi connectivity index (χ3v) is 6.48. The molecule has 1 nitrogen and oxygen atoms in total. The summed E-state index contributed by atoms with van der Waals surface area (Å²) in [5.41, 5.74) is 1.30. The maximum absolute atomic E-state index is 12.8. The van der Waals surface area contributed by atoms with Crippen molar-refractivity contribution in [2.75, 3.05) is 12.3 Å². The van der Waals surface area contributed by atoms with Crippen molar-refractivity contribution in [3.05, 3.63) is 29.8 Å². The minimum atomic E-state index is -2.17. The zero-order valence-corrected chi connectivity index (χ0v) is 12.0. The smallest absolute Gasteiger partial charge is 0.115 e. The van der Waals surface area contributed by atoms with Crippen LogP contribution in [0.1, 0.15) is 40.2 Å². The highest BCUT2D eigenvalue weighted by Gasteiger charge is 2.27. The Balaban J connectivity index is 3.40. The molecular formula is C14H23OP. The lowest BCUT2D eigenvalue weighted by Crippen LogP contribution is -2.24. The van der Waals surface area contributed by atoms with Crippen molar-refractivity contribution in [2.45, 2.75) is 40.0 Å². The Morgan fingerprint density at radius 2 is 1.56 bits per heavy atom. The van der Waals surface area contributed by atoms with Crippen LogP contribution in [-0.4, -0.2) is 12.3 Å². The van der Waals surface area contributed by atoms with E-state index < -0.39 is 7.14 Å². The first-order valence-corrected chi connectivity index (χ1v) is 8.11. The fourth-order valence-corrected chi connectivity index (χ4v) is 4.36. The van der Waals surface area contributed by atoms with E-state index in [4.69, 9.17) is 0 Å². The summed E-state index contributed by atoms with van der Waals surface area (Å²) in [7, 11) is -2.17. The molecule has 0 atom stereocenters. The van der Waals surface area contributed by atoms with Crippen molar-refractivity contribution in [3.63, 3.8) is 0 Å². The van der Waals surface area contributed by atoms with Crippen molar-refractivity contribution in [1.29, 1.82) is 0 Å². The summed E-state index contributed by atoms with van der Waals surface area (Å²) in [4.78, 5) is 0. The van der Waals surface area contributed by atoms with Crippen LogP contribution in [0, 0.1) is 0 Å². The van der Waals surface area contributed by atoms with Gasteiger partial charge < -0.3 is 4.57 Å². The number of rotatable bonds is 3. The van der Waals surface area contributed by atoms with Crippen LogP contribution in [0.15, 0.2) is 24.3 Å². The third-order valence-electron chi connectivity index (χ3n) is 3.17. The molecule has 90 valence electrons. The normalized spacial score (nSPS) is 12.8. The van der Waals surface area contributed by atoms with Crippen molar-refractivity contribution >= 4 is 12.4 Å². The summed E-state index contributed by atoms with van der Waals surface area (Å²) in [5.74, 6) is 0. The second kappa shape index (κ2) is 4.75. The molecule has 0 aliphatic rings. The predicted molar refractivity (Wildman–Crippen MR) is 73.5 cm³/mol. The average Bonchev–Trinajstić information content (AvgIpc) is 2.27. The van der Waals surface area contributed by atoms with Gasteiger partial charge in [-0.25, -0.2) is 0 Å². The predicted octanol–water partition coefficient (Wildman–Crippen LogP) is 4.01. The third kappa shape index (κ3) is 2.58. The Hall–Kier alpha value is -0.550. The molecule has 0 amide bonds. The van der Waals surface area contributed by atoms with E-state index in [9.17, 15) is 4.57 Å². The first kappa shape index (κ1) is 13.5. The molecule has 0 unspecified atom stereocenters.